The average Bonchev–Trinajstić information content (AvgIpc) is 3.54. The summed E-state index contributed by atoms with van der Waals surface area (Å²) in [7, 11) is 0. The maximum atomic E-state index is 13.2. The van der Waals surface area contributed by atoms with Gasteiger partial charge in [0.25, 0.3) is 5.91 Å². The summed E-state index contributed by atoms with van der Waals surface area (Å²) >= 11 is 3.22. The average molecular weight is 434 g/mol. The van der Waals surface area contributed by atoms with Crippen LogP contribution in [0.1, 0.15) is 34.2 Å². The highest BCUT2D eigenvalue weighted by molar-refractivity contribution is 7.13. The van der Waals surface area contributed by atoms with Crippen LogP contribution in [0.2, 0.25) is 0 Å². The molecule has 0 spiro atoms. The number of carbonyl (C=O) groups excluding carboxylic acids is 1. The predicted molar refractivity (Wildman–Crippen MR) is 120 cm³/mol. The molecule has 0 aliphatic carbocycles. The van der Waals surface area contributed by atoms with E-state index >= 15 is 0 Å². The Balaban J connectivity index is 1.39. The first kappa shape index (κ1) is 18.9. The van der Waals surface area contributed by atoms with Gasteiger partial charge in [0.2, 0.25) is 0 Å². The molecule has 150 valence electrons. The second kappa shape index (κ2) is 7.62. The number of thiophene rings is 1. The van der Waals surface area contributed by atoms with Crippen molar-refractivity contribution >= 4 is 34.7 Å². The van der Waals surface area contributed by atoms with E-state index in [0.717, 1.165) is 27.9 Å². The molecule has 0 radical (unpaired) electrons. The Labute approximate surface area is 182 Å². The maximum absolute atomic E-state index is 13.2. The van der Waals surface area contributed by atoms with Gasteiger partial charge in [0, 0.05) is 28.9 Å². The van der Waals surface area contributed by atoms with E-state index in [1.807, 2.05) is 47.5 Å². The Morgan fingerprint density at radius 2 is 2.00 bits per heavy atom. The minimum absolute atomic E-state index is 0.0126. The van der Waals surface area contributed by atoms with Crippen molar-refractivity contribution in [3.05, 3.63) is 70.1 Å². The van der Waals surface area contributed by atoms with Crippen LogP contribution in [0.4, 0.5) is 0 Å². The summed E-state index contributed by atoms with van der Waals surface area (Å²) in [6.45, 7) is 7.00. The molecule has 1 atom stereocenters. The summed E-state index contributed by atoms with van der Waals surface area (Å²) in [6.07, 6.45) is 1.73. The lowest BCUT2D eigenvalue weighted by atomic mass is 10.1. The minimum atomic E-state index is -0.165. The molecule has 0 saturated heterocycles. The molecule has 0 unspecified atom stereocenters. The van der Waals surface area contributed by atoms with Gasteiger partial charge in [-0.05, 0) is 42.1 Å². The van der Waals surface area contributed by atoms with Crippen LogP contribution in [0.25, 0.3) is 28.0 Å². The molecule has 4 heterocycles. The molecular weight excluding hydrogens is 414 g/mol. The molecule has 1 amide bonds. The normalized spacial score (nSPS) is 15.8. The van der Waals surface area contributed by atoms with Crippen LogP contribution in [-0.2, 0) is 6.54 Å². The van der Waals surface area contributed by atoms with Crippen molar-refractivity contribution in [3.8, 4) is 22.0 Å². The van der Waals surface area contributed by atoms with Crippen molar-refractivity contribution in [2.45, 2.75) is 19.5 Å². The zero-order valence-corrected chi connectivity index (χ0v) is 18.0. The topological polar surface area (TPSA) is 63.9 Å². The van der Waals surface area contributed by atoms with Crippen molar-refractivity contribution in [3.63, 3.8) is 0 Å². The number of benzene rings is 1. The zero-order chi connectivity index (χ0) is 20.7. The molecule has 0 saturated carbocycles. The third-order valence-electron chi connectivity index (χ3n) is 5.31. The molecule has 6 nitrogen and oxygen atoms in total. The monoisotopic (exact) mass is 433 g/mol. The Morgan fingerprint density at radius 3 is 2.70 bits per heavy atom. The second-order valence-corrected chi connectivity index (χ2v) is 8.88. The molecule has 1 aromatic carbocycles. The molecule has 0 N–H and O–H groups in total. The van der Waals surface area contributed by atoms with E-state index in [9.17, 15) is 4.79 Å². The lowest BCUT2D eigenvalue weighted by Crippen LogP contribution is -2.41. The van der Waals surface area contributed by atoms with E-state index in [-0.39, 0.29) is 11.9 Å². The first-order valence-corrected chi connectivity index (χ1v) is 11.4. The summed E-state index contributed by atoms with van der Waals surface area (Å²) in [5.41, 5.74) is 2.61. The van der Waals surface area contributed by atoms with Gasteiger partial charge in [0.1, 0.15) is 10.7 Å². The quantitative estimate of drug-likeness (QED) is 0.455. The molecule has 30 heavy (non-hydrogen) atoms. The molecular formula is C22H19N5OS2. The summed E-state index contributed by atoms with van der Waals surface area (Å²) < 4.78 is 2.07. The van der Waals surface area contributed by atoms with Crippen LogP contribution in [-0.4, -0.2) is 37.1 Å². The molecule has 1 aliphatic rings. The minimum Gasteiger partial charge on any atom is -0.327 e. The Kier molecular flexibility index (Phi) is 4.80. The van der Waals surface area contributed by atoms with Gasteiger partial charge in [0.15, 0.2) is 11.6 Å². The Bertz CT molecular complexity index is 1210. The maximum Gasteiger partial charge on any atom is 0.254 e. The van der Waals surface area contributed by atoms with E-state index < -0.39 is 0 Å². The fraction of sp³-hybridized carbons (Fsp3) is 0.182. The number of thiazole rings is 1. The molecule has 0 bridgehead atoms. The number of nitrogens with zero attached hydrogens (tertiary/aromatic N) is 5. The largest absolute Gasteiger partial charge is 0.327 e. The fourth-order valence-corrected chi connectivity index (χ4v) is 5.09. The van der Waals surface area contributed by atoms with Crippen molar-refractivity contribution in [1.82, 2.24) is 24.6 Å². The van der Waals surface area contributed by atoms with Crippen LogP contribution in [0.3, 0.4) is 0 Å². The van der Waals surface area contributed by atoms with Crippen molar-refractivity contribution in [1.29, 1.82) is 0 Å². The standard InChI is InChI=1S/C22H19N5OS2/c1-3-19-23-17(13-30-19)21-25-24-20-14(2)26(10-11-27(20)21)22(28)16-8-6-15(7-9-16)18-5-4-12-29-18/h3-9,12-14H,1,10-11H2,2H3/t14-/m1/s1. The van der Waals surface area contributed by atoms with Gasteiger partial charge in [-0.3, -0.25) is 4.79 Å². The Hall–Kier alpha value is -3.10. The van der Waals surface area contributed by atoms with Gasteiger partial charge < -0.3 is 9.47 Å². The number of hydrogen-bond donors (Lipinski definition) is 0. The van der Waals surface area contributed by atoms with E-state index in [1.54, 1.807) is 17.4 Å². The van der Waals surface area contributed by atoms with Crippen molar-refractivity contribution < 1.29 is 4.79 Å². The molecule has 1 aliphatic heterocycles. The molecule has 5 rings (SSSR count). The summed E-state index contributed by atoms with van der Waals surface area (Å²) in [4.78, 5) is 20.8. The molecule has 4 aromatic rings. The Morgan fingerprint density at radius 1 is 1.17 bits per heavy atom. The number of rotatable bonds is 4. The highest BCUT2D eigenvalue weighted by Crippen LogP contribution is 2.31. The number of fused-ring (bicyclic) bond motifs is 1. The molecule has 3 aromatic heterocycles. The first-order valence-electron chi connectivity index (χ1n) is 9.62. The van der Waals surface area contributed by atoms with Gasteiger partial charge >= 0.3 is 0 Å². The number of hydrogen-bond acceptors (Lipinski definition) is 6. The van der Waals surface area contributed by atoms with Crippen molar-refractivity contribution in [2.24, 2.45) is 0 Å². The van der Waals surface area contributed by atoms with Gasteiger partial charge in [-0.1, -0.05) is 24.8 Å². The number of amides is 1. The third kappa shape index (κ3) is 3.18. The van der Waals surface area contributed by atoms with Crippen LogP contribution < -0.4 is 0 Å². The summed E-state index contributed by atoms with van der Waals surface area (Å²) in [5.74, 6) is 1.54. The van der Waals surface area contributed by atoms with Gasteiger partial charge in [-0.25, -0.2) is 4.98 Å². The van der Waals surface area contributed by atoms with Gasteiger partial charge in [-0.15, -0.1) is 32.9 Å². The zero-order valence-electron chi connectivity index (χ0n) is 16.4. The van der Waals surface area contributed by atoms with Crippen LogP contribution >= 0.6 is 22.7 Å². The fourth-order valence-electron chi connectivity index (χ4n) is 3.72. The number of carbonyl (C=O) groups is 1. The van der Waals surface area contributed by atoms with Crippen LogP contribution in [0, 0.1) is 0 Å². The first-order chi connectivity index (χ1) is 14.7. The lowest BCUT2D eigenvalue weighted by Gasteiger charge is -2.33. The van der Waals surface area contributed by atoms with E-state index in [2.05, 4.69) is 37.8 Å². The van der Waals surface area contributed by atoms with E-state index in [0.29, 0.717) is 18.7 Å². The van der Waals surface area contributed by atoms with Gasteiger partial charge in [0.05, 0.1) is 6.04 Å². The van der Waals surface area contributed by atoms with Crippen molar-refractivity contribution in [2.75, 3.05) is 6.54 Å². The van der Waals surface area contributed by atoms with Gasteiger partial charge in [-0.2, -0.15) is 0 Å². The molecule has 0 fully saturated rings. The SMILES string of the molecule is C=Cc1nc(-c2nnc3n2CCN(C(=O)c2ccc(-c4cccs4)cc2)[C@@H]3C)cs1. The van der Waals surface area contributed by atoms with E-state index in [4.69, 9.17) is 0 Å². The smallest absolute Gasteiger partial charge is 0.254 e. The number of aromatic nitrogens is 4. The summed E-state index contributed by atoms with van der Waals surface area (Å²) in [5, 5.41) is 13.6. The van der Waals surface area contributed by atoms with E-state index in [1.165, 1.54) is 16.2 Å². The molecule has 8 heteroatoms. The highest BCUT2D eigenvalue weighted by atomic mass is 32.1. The second-order valence-electron chi connectivity index (χ2n) is 7.04. The highest BCUT2D eigenvalue weighted by Gasteiger charge is 2.32. The predicted octanol–water partition coefficient (Wildman–Crippen LogP) is 4.99. The summed E-state index contributed by atoms with van der Waals surface area (Å²) in [6, 6.07) is 11.8. The van der Waals surface area contributed by atoms with Crippen LogP contribution in [0.15, 0.2) is 53.7 Å². The van der Waals surface area contributed by atoms with Crippen LogP contribution in [0.5, 0.6) is 0 Å². The lowest BCUT2D eigenvalue weighted by molar-refractivity contribution is 0.0638. The third-order valence-corrected chi connectivity index (χ3v) is 7.07.